The lowest BCUT2D eigenvalue weighted by Gasteiger charge is -2.37. The molecule has 1 aliphatic carbocycles. The molecular formula is C12H15IO. The van der Waals surface area contributed by atoms with Gasteiger partial charge in [-0.1, -0.05) is 65.8 Å². The Morgan fingerprint density at radius 3 is 2.57 bits per heavy atom. The fraction of sp³-hybridized carbons (Fsp3) is 0.500. The number of rotatable bonds is 1. The minimum Gasteiger partial charge on any atom is -0.384 e. The van der Waals surface area contributed by atoms with Gasteiger partial charge in [-0.3, -0.25) is 0 Å². The Hall–Kier alpha value is -0.0900. The fourth-order valence-electron chi connectivity index (χ4n) is 2.17. The van der Waals surface area contributed by atoms with Crippen molar-refractivity contribution < 1.29 is 5.11 Å². The first-order chi connectivity index (χ1) is 6.73. The van der Waals surface area contributed by atoms with Crippen molar-refractivity contribution in [3.63, 3.8) is 0 Å². The largest absolute Gasteiger partial charge is 0.384 e. The number of alkyl halides is 1. The summed E-state index contributed by atoms with van der Waals surface area (Å²) in [6.45, 7) is 0. The van der Waals surface area contributed by atoms with Crippen LogP contribution in [0.3, 0.4) is 0 Å². The molecule has 2 atom stereocenters. The molecule has 1 N–H and O–H groups in total. The molecule has 0 bridgehead atoms. The molecule has 1 aliphatic rings. The molecule has 0 saturated heterocycles. The summed E-state index contributed by atoms with van der Waals surface area (Å²) < 4.78 is 0.358. The lowest BCUT2D eigenvalue weighted by Crippen LogP contribution is -2.38. The van der Waals surface area contributed by atoms with E-state index in [1.165, 1.54) is 6.42 Å². The molecule has 1 nitrogen and oxygen atoms in total. The van der Waals surface area contributed by atoms with Gasteiger partial charge in [-0.15, -0.1) is 0 Å². The Kier molecular flexibility index (Phi) is 3.12. The molecule has 1 fully saturated rings. The van der Waals surface area contributed by atoms with Crippen molar-refractivity contribution in [2.45, 2.75) is 35.2 Å². The second-order valence-electron chi connectivity index (χ2n) is 4.00. The monoisotopic (exact) mass is 302 g/mol. The highest BCUT2D eigenvalue weighted by atomic mass is 127. The van der Waals surface area contributed by atoms with E-state index in [1.807, 2.05) is 30.3 Å². The zero-order valence-electron chi connectivity index (χ0n) is 8.12. The molecule has 0 radical (unpaired) electrons. The van der Waals surface area contributed by atoms with Gasteiger partial charge >= 0.3 is 0 Å². The van der Waals surface area contributed by atoms with Gasteiger partial charge in [0, 0.05) is 3.92 Å². The molecule has 0 spiro atoms. The van der Waals surface area contributed by atoms with Crippen LogP contribution in [0, 0.1) is 0 Å². The highest BCUT2D eigenvalue weighted by molar-refractivity contribution is 14.1. The van der Waals surface area contributed by atoms with Crippen molar-refractivity contribution in [3.8, 4) is 0 Å². The summed E-state index contributed by atoms with van der Waals surface area (Å²) in [5.74, 6) is 0. The Balaban J connectivity index is 2.30. The molecule has 2 heteroatoms. The van der Waals surface area contributed by atoms with E-state index in [2.05, 4.69) is 22.6 Å². The van der Waals surface area contributed by atoms with Gasteiger partial charge in [0.2, 0.25) is 0 Å². The van der Waals surface area contributed by atoms with E-state index >= 15 is 0 Å². The van der Waals surface area contributed by atoms with Gasteiger partial charge < -0.3 is 5.11 Å². The quantitative estimate of drug-likeness (QED) is 0.623. The predicted octanol–water partition coefficient (Wildman–Crippen LogP) is 3.25. The van der Waals surface area contributed by atoms with Gasteiger partial charge in [-0.2, -0.15) is 0 Å². The van der Waals surface area contributed by atoms with Crippen molar-refractivity contribution in [2.24, 2.45) is 0 Å². The van der Waals surface area contributed by atoms with Crippen LogP contribution in [0.1, 0.15) is 31.2 Å². The third-order valence-corrected chi connectivity index (χ3v) is 4.71. The van der Waals surface area contributed by atoms with E-state index in [0.717, 1.165) is 24.8 Å². The standard InChI is InChI=1S/C12H15IO/c13-11-8-4-5-9-12(11,14)10-6-2-1-3-7-10/h1-3,6-7,11,14H,4-5,8-9H2/t11-,12+/m1/s1. The third kappa shape index (κ3) is 1.82. The maximum Gasteiger partial charge on any atom is 0.101 e. The first-order valence-electron chi connectivity index (χ1n) is 5.15. The summed E-state index contributed by atoms with van der Waals surface area (Å²) in [7, 11) is 0. The van der Waals surface area contributed by atoms with Crippen molar-refractivity contribution in [1.82, 2.24) is 0 Å². The van der Waals surface area contributed by atoms with Crippen LogP contribution < -0.4 is 0 Å². The van der Waals surface area contributed by atoms with Gasteiger partial charge in [-0.25, -0.2) is 0 Å². The van der Waals surface area contributed by atoms with Crippen LogP contribution in [0.25, 0.3) is 0 Å². The predicted molar refractivity (Wildman–Crippen MR) is 66.6 cm³/mol. The Bertz CT molecular complexity index is 298. The first-order valence-corrected chi connectivity index (χ1v) is 6.40. The van der Waals surface area contributed by atoms with Crippen LogP contribution >= 0.6 is 22.6 Å². The molecule has 0 unspecified atom stereocenters. The summed E-state index contributed by atoms with van der Waals surface area (Å²) in [4.78, 5) is 0. The maximum atomic E-state index is 10.6. The van der Waals surface area contributed by atoms with Crippen molar-refractivity contribution in [3.05, 3.63) is 35.9 Å². The van der Waals surface area contributed by atoms with E-state index in [1.54, 1.807) is 0 Å². The number of aliphatic hydroxyl groups is 1. The number of halogens is 1. The topological polar surface area (TPSA) is 20.2 Å². The van der Waals surface area contributed by atoms with Crippen LogP contribution in [-0.4, -0.2) is 9.03 Å². The first kappa shape index (κ1) is 10.4. The number of hydrogen-bond acceptors (Lipinski definition) is 1. The van der Waals surface area contributed by atoms with Crippen LogP contribution in [0.4, 0.5) is 0 Å². The van der Waals surface area contributed by atoms with E-state index in [0.29, 0.717) is 3.92 Å². The number of hydrogen-bond donors (Lipinski definition) is 1. The highest BCUT2D eigenvalue weighted by Gasteiger charge is 2.38. The van der Waals surface area contributed by atoms with Gasteiger partial charge in [0.05, 0.1) is 0 Å². The van der Waals surface area contributed by atoms with Gasteiger partial charge in [0.25, 0.3) is 0 Å². The zero-order chi connectivity index (χ0) is 10.0. The summed E-state index contributed by atoms with van der Waals surface area (Å²) in [5.41, 5.74) is 0.499. The molecule has 1 aromatic carbocycles. The molecule has 76 valence electrons. The molecule has 1 aromatic rings. The maximum absolute atomic E-state index is 10.6. The normalized spacial score (nSPS) is 32.9. The highest BCUT2D eigenvalue weighted by Crippen LogP contribution is 2.41. The molecule has 0 amide bonds. The summed E-state index contributed by atoms with van der Waals surface area (Å²) in [6, 6.07) is 10.1. The fourth-order valence-corrected chi connectivity index (χ4v) is 3.28. The minimum atomic E-state index is -0.583. The smallest absolute Gasteiger partial charge is 0.101 e. The number of benzene rings is 1. The lowest BCUT2D eigenvalue weighted by atomic mass is 9.80. The van der Waals surface area contributed by atoms with Gasteiger partial charge in [-0.05, 0) is 18.4 Å². The Labute approximate surface area is 98.7 Å². The van der Waals surface area contributed by atoms with Crippen molar-refractivity contribution in [1.29, 1.82) is 0 Å². The molecule has 14 heavy (non-hydrogen) atoms. The second-order valence-corrected chi connectivity index (χ2v) is 5.51. The van der Waals surface area contributed by atoms with Gasteiger partial charge in [0.1, 0.15) is 5.60 Å². The summed E-state index contributed by atoms with van der Waals surface area (Å²) >= 11 is 2.39. The van der Waals surface area contributed by atoms with E-state index in [9.17, 15) is 5.11 Å². The zero-order valence-corrected chi connectivity index (χ0v) is 10.3. The van der Waals surface area contributed by atoms with Crippen molar-refractivity contribution in [2.75, 3.05) is 0 Å². The molecule has 2 rings (SSSR count). The van der Waals surface area contributed by atoms with E-state index < -0.39 is 5.60 Å². The molecular weight excluding hydrogens is 287 g/mol. The Morgan fingerprint density at radius 1 is 1.21 bits per heavy atom. The van der Waals surface area contributed by atoms with Crippen LogP contribution in [-0.2, 0) is 5.60 Å². The summed E-state index contributed by atoms with van der Waals surface area (Å²) in [5, 5.41) is 10.6. The van der Waals surface area contributed by atoms with Crippen LogP contribution in [0.15, 0.2) is 30.3 Å². The van der Waals surface area contributed by atoms with Crippen LogP contribution in [0.2, 0.25) is 0 Å². The second kappa shape index (κ2) is 4.19. The molecule has 0 aliphatic heterocycles. The van der Waals surface area contributed by atoms with Crippen molar-refractivity contribution >= 4 is 22.6 Å². The molecule has 1 saturated carbocycles. The average molecular weight is 302 g/mol. The molecule has 0 heterocycles. The van der Waals surface area contributed by atoms with Crippen LogP contribution in [0.5, 0.6) is 0 Å². The SMILES string of the molecule is O[C@]1(c2ccccc2)CCCC[C@H]1I. The molecule has 0 aromatic heterocycles. The minimum absolute atomic E-state index is 0.358. The van der Waals surface area contributed by atoms with Gasteiger partial charge in [0.15, 0.2) is 0 Å². The Morgan fingerprint density at radius 2 is 1.93 bits per heavy atom. The average Bonchev–Trinajstić information content (AvgIpc) is 2.24. The third-order valence-electron chi connectivity index (χ3n) is 3.06. The van der Waals surface area contributed by atoms with E-state index in [-0.39, 0.29) is 0 Å². The van der Waals surface area contributed by atoms with E-state index in [4.69, 9.17) is 0 Å². The lowest BCUT2D eigenvalue weighted by molar-refractivity contribution is 0.0111. The summed E-state index contributed by atoms with van der Waals surface area (Å²) in [6.07, 6.45) is 4.43.